The monoisotopic (exact) mass is 349 g/mol. The van der Waals surface area contributed by atoms with Crippen LogP contribution < -0.4 is 4.18 Å². The summed E-state index contributed by atoms with van der Waals surface area (Å²) < 4.78 is 29.7. The lowest BCUT2D eigenvalue weighted by Gasteiger charge is -2.19. The fourth-order valence-corrected chi connectivity index (χ4v) is 3.17. The average molecular weight is 350 g/mol. The Morgan fingerprint density at radius 2 is 1.70 bits per heavy atom. The third kappa shape index (κ3) is 4.04. The van der Waals surface area contributed by atoms with Crippen molar-refractivity contribution in [2.75, 3.05) is 0 Å². The molecule has 0 aliphatic carbocycles. The van der Waals surface area contributed by atoms with Crippen LogP contribution in [0.25, 0.3) is 0 Å². The van der Waals surface area contributed by atoms with Crippen LogP contribution in [0.2, 0.25) is 5.02 Å². The van der Waals surface area contributed by atoms with Crippen molar-refractivity contribution in [3.05, 3.63) is 58.6 Å². The zero-order valence-electron chi connectivity index (χ0n) is 13.0. The smallest absolute Gasteiger partial charge is 0.339 e. The largest absolute Gasteiger partial charge is 0.379 e. The molecule has 0 atom stereocenters. The van der Waals surface area contributed by atoms with Gasteiger partial charge in [0.2, 0.25) is 0 Å². The molecule has 0 amide bonds. The summed E-state index contributed by atoms with van der Waals surface area (Å²) in [7, 11) is -4.00. The van der Waals surface area contributed by atoms with Crippen LogP contribution in [-0.4, -0.2) is 8.42 Å². The van der Waals surface area contributed by atoms with Crippen molar-refractivity contribution in [2.24, 2.45) is 0 Å². The zero-order chi connectivity index (χ0) is 17.3. The van der Waals surface area contributed by atoms with Crippen LogP contribution >= 0.6 is 11.6 Å². The molecule has 0 unspecified atom stereocenters. The van der Waals surface area contributed by atoms with Crippen molar-refractivity contribution in [1.29, 1.82) is 5.26 Å². The Morgan fingerprint density at radius 3 is 2.17 bits per heavy atom. The van der Waals surface area contributed by atoms with Gasteiger partial charge in [0.25, 0.3) is 0 Å². The third-order valence-electron chi connectivity index (χ3n) is 3.28. The number of benzene rings is 2. The highest BCUT2D eigenvalue weighted by atomic mass is 35.5. The fourth-order valence-electron chi connectivity index (χ4n) is 1.93. The summed E-state index contributed by atoms with van der Waals surface area (Å²) in [6.45, 7) is 6.20. The molecule has 6 heteroatoms. The van der Waals surface area contributed by atoms with Crippen molar-refractivity contribution >= 4 is 21.7 Å². The Labute approximate surface area is 141 Å². The van der Waals surface area contributed by atoms with Gasteiger partial charge >= 0.3 is 10.1 Å². The predicted octanol–water partition coefficient (Wildman–Crippen LogP) is 4.28. The Balaban J connectivity index is 2.28. The molecule has 2 aromatic carbocycles. The summed E-state index contributed by atoms with van der Waals surface area (Å²) in [6.07, 6.45) is 0. The maximum absolute atomic E-state index is 12.3. The van der Waals surface area contributed by atoms with Crippen LogP contribution in [0.4, 0.5) is 0 Å². The molecule has 0 heterocycles. The molecule has 23 heavy (non-hydrogen) atoms. The van der Waals surface area contributed by atoms with Crippen LogP contribution in [0.5, 0.6) is 5.75 Å². The lowest BCUT2D eigenvalue weighted by Crippen LogP contribution is -2.12. The fraction of sp³-hybridized carbons (Fsp3) is 0.235. The molecule has 2 rings (SSSR count). The van der Waals surface area contributed by atoms with Gasteiger partial charge in [-0.25, -0.2) is 0 Å². The van der Waals surface area contributed by atoms with Gasteiger partial charge in [0, 0.05) is 0 Å². The molecular formula is C17H16ClNO3S. The first-order valence-electron chi connectivity index (χ1n) is 6.88. The normalized spacial score (nSPS) is 11.8. The molecule has 120 valence electrons. The molecule has 0 aliphatic rings. The molecule has 4 nitrogen and oxygen atoms in total. The number of nitriles is 1. The van der Waals surface area contributed by atoms with Gasteiger partial charge in [0.05, 0.1) is 10.6 Å². The lowest BCUT2D eigenvalue weighted by atomic mass is 9.87. The average Bonchev–Trinajstić information content (AvgIpc) is 2.46. The van der Waals surface area contributed by atoms with E-state index < -0.39 is 10.1 Å². The van der Waals surface area contributed by atoms with Gasteiger partial charge in [-0.1, -0.05) is 44.5 Å². The van der Waals surface area contributed by atoms with Gasteiger partial charge in [-0.05, 0) is 41.3 Å². The summed E-state index contributed by atoms with van der Waals surface area (Å²) >= 11 is 5.87. The van der Waals surface area contributed by atoms with Crippen molar-refractivity contribution in [1.82, 2.24) is 0 Å². The van der Waals surface area contributed by atoms with Crippen LogP contribution in [0.15, 0.2) is 47.4 Å². The summed E-state index contributed by atoms with van der Waals surface area (Å²) in [5.74, 6) is 0.221. The van der Waals surface area contributed by atoms with E-state index in [-0.39, 0.29) is 26.6 Å². The zero-order valence-corrected chi connectivity index (χ0v) is 14.6. The van der Waals surface area contributed by atoms with E-state index in [1.165, 1.54) is 18.2 Å². The Hall–Kier alpha value is -2.03. The summed E-state index contributed by atoms with van der Waals surface area (Å²) in [4.78, 5) is -0.0959. The van der Waals surface area contributed by atoms with Crippen molar-refractivity contribution in [3.8, 4) is 11.8 Å². The Kier molecular flexibility index (Phi) is 4.69. The summed E-state index contributed by atoms with van der Waals surface area (Å²) in [5, 5.41) is 8.89. The molecule has 0 saturated carbocycles. The highest BCUT2D eigenvalue weighted by Crippen LogP contribution is 2.27. The quantitative estimate of drug-likeness (QED) is 0.776. The van der Waals surface area contributed by atoms with Crippen molar-refractivity contribution in [3.63, 3.8) is 0 Å². The highest BCUT2D eigenvalue weighted by molar-refractivity contribution is 7.87. The molecule has 2 aromatic rings. The molecule has 0 bridgehead atoms. The first-order valence-corrected chi connectivity index (χ1v) is 8.67. The molecule has 0 radical (unpaired) electrons. The SMILES string of the molecule is CC(C)(C)c1ccc(OS(=O)(=O)c2ccc(C#N)c(Cl)c2)cc1. The molecule has 0 aliphatic heterocycles. The van der Waals surface area contributed by atoms with E-state index >= 15 is 0 Å². The van der Waals surface area contributed by atoms with E-state index in [0.717, 1.165) is 5.56 Å². The van der Waals surface area contributed by atoms with Gasteiger partial charge in [0.15, 0.2) is 0 Å². The van der Waals surface area contributed by atoms with Gasteiger partial charge in [-0.3, -0.25) is 0 Å². The second kappa shape index (κ2) is 6.23. The molecule has 0 fully saturated rings. The standard InChI is InChI=1S/C17H16ClNO3S/c1-17(2,3)13-5-7-14(8-6-13)22-23(20,21)15-9-4-12(11-19)16(18)10-15/h4-10H,1-3H3. The van der Waals surface area contributed by atoms with Crippen LogP contribution in [0.3, 0.4) is 0 Å². The topological polar surface area (TPSA) is 67.2 Å². The van der Waals surface area contributed by atoms with E-state index in [9.17, 15) is 8.42 Å². The maximum atomic E-state index is 12.3. The van der Waals surface area contributed by atoms with E-state index in [1.807, 2.05) is 18.2 Å². The minimum absolute atomic E-state index is 0.0297. The first kappa shape index (κ1) is 17.3. The molecule has 0 spiro atoms. The number of hydrogen-bond acceptors (Lipinski definition) is 4. The molecule has 0 aromatic heterocycles. The number of rotatable bonds is 3. The van der Waals surface area contributed by atoms with Crippen molar-refractivity contribution < 1.29 is 12.6 Å². The third-order valence-corrected chi connectivity index (χ3v) is 4.83. The van der Waals surface area contributed by atoms with Crippen LogP contribution in [0.1, 0.15) is 31.9 Å². The van der Waals surface area contributed by atoms with Crippen LogP contribution in [0, 0.1) is 11.3 Å². The second-order valence-electron chi connectivity index (χ2n) is 6.07. The predicted molar refractivity (Wildman–Crippen MR) is 89.1 cm³/mol. The number of halogens is 1. The van der Waals surface area contributed by atoms with Gasteiger partial charge in [-0.2, -0.15) is 13.7 Å². The van der Waals surface area contributed by atoms with E-state index in [2.05, 4.69) is 20.8 Å². The Bertz CT molecular complexity index is 860. The lowest BCUT2D eigenvalue weighted by molar-refractivity contribution is 0.485. The van der Waals surface area contributed by atoms with Gasteiger partial charge < -0.3 is 4.18 Å². The summed E-state index contributed by atoms with van der Waals surface area (Å²) in [6, 6.07) is 12.6. The van der Waals surface area contributed by atoms with Crippen LogP contribution in [-0.2, 0) is 15.5 Å². The van der Waals surface area contributed by atoms with E-state index in [1.54, 1.807) is 12.1 Å². The first-order chi connectivity index (χ1) is 10.6. The highest BCUT2D eigenvalue weighted by Gasteiger charge is 2.19. The summed E-state index contributed by atoms with van der Waals surface area (Å²) in [5.41, 5.74) is 1.25. The minimum atomic E-state index is -4.00. The molecule has 0 N–H and O–H groups in total. The number of nitrogens with zero attached hydrogens (tertiary/aromatic N) is 1. The van der Waals surface area contributed by atoms with Gasteiger partial charge in [-0.15, -0.1) is 0 Å². The van der Waals surface area contributed by atoms with E-state index in [0.29, 0.717) is 0 Å². The maximum Gasteiger partial charge on any atom is 0.339 e. The Morgan fingerprint density at radius 1 is 1.09 bits per heavy atom. The van der Waals surface area contributed by atoms with Crippen molar-refractivity contribution in [2.45, 2.75) is 31.1 Å². The number of hydrogen-bond donors (Lipinski definition) is 0. The molecule has 0 saturated heterocycles. The molecular weight excluding hydrogens is 334 g/mol. The minimum Gasteiger partial charge on any atom is -0.379 e. The van der Waals surface area contributed by atoms with Gasteiger partial charge in [0.1, 0.15) is 16.7 Å². The second-order valence-corrected chi connectivity index (χ2v) is 8.02. The van der Waals surface area contributed by atoms with E-state index in [4.69, 9.17) is 21.0 Å².